The summed E-state index contributed by atoms with van der Waals surface area (Å²) in [6.07, 6.45) is 2.27. The molecule has 1 fully saturated rings. The van der Waals surface area contributed by atoms with E-state index in [9.17, 15) is 0 Å². The van der Waals surface area contributed by atoms with Gasteiger partial charge in [0.1, 0.15) is 5.75 Å². The van der Waals surface area contributed by atoms with Crippen molar-refractivity contribution in [3.05, 3.63) is 29.8 Å². The van der Waals surface area contributed by atoms with E-state index in [1.165, 1.54) is 12.0 Å². The molecule has 1 aliphatic carbocycles. The smallest absolute Gasteiger partial charge is 0.119 e. The van der Waals surface area contributed by atoms with Crippen molar-refractivity contribution in [1.29, 1.82) is 0 Å². The largest absolute Gasteiger partial charge is 0.494 e. The maximum absolute atomic E-state index is 5.72. The summed E-state index contributed by atoms with van der Waals surface area (Å²) in [5.41, 5.74) is 7.43. The molecule has 16 heavy (non-hydrogen) atoms. The summed E-state index contributed by atoms with van der Waals surface area (Å²) in [6, 6.07) is 8.51. The lowest BCUT2D eigenvalue weighted by atomic mass is 9.95. The molecule has 0 aromatic heterocycles. The average Bonchev–Trinajstić information content (AvgIpc) is 3.00. The van der Waals surface area contributed by atoms with Crippen LogP contribution in [0.25, 0.3) is 0 Å². The van der Waals surface area contributed by atoms with Crippen LogP contribution >= 0.6 is 0 Å². The Morgan fingerprint density at radius 1 is 1.38 bits per heavy atom. The van der Waals surface area contributed by atoms with Crippen LogP contribution in [-0.4, -0.2) is 13.2 Å². The second kappa shape index (κ2) is 4.46. The fraction of sp³-hybridized carbons (Fsp3) is 0.571. The Morgan fingerprint density at radius 2 is 2.06 bits per heavy atom. The summed E-state index contributed by atoms with van der Waals surface area (Å²) in [6.45, 7) is 6.00. The van der Waals surface area contributed by atoms with Crippen molar-refractivity contribution in [2.45, 2.75) is 32.1 Å². The quantitative estimate of drug-likeness (QED) is 0.826. The Kier molecular flexibility index (Phi) is 3.20. The fourth-order valence-electron chi connectivity index (χ4n) is 2.30. The molecule has 2 heteroatoms. The van der Waals surface area contributed by atoms with Crippen LogP contribution in [-0.2, 0) is 5.41 Å². The van der Waals surface area contributed by atoms with Gasteiger partial charge in [0, 0.05) is 0 Å². The summed E-state index contributed by atoms with van der Waals surface area (Å²) in [7, 11) is 0. The van der Waals surface area contributed by atoms with E-state index >= 15 is 0 Å². The Bertz CT molecular complexity index is 346. The van der Waals surface area contributed by atoms with Gasteiger partial charge >= 0.3 is 0 Å². The van der Waals surface area contributed by atoms with Crippen molar-refractivity contribution < 1.29 is 4.74 Å². The summed E-state index contributed by atoms with van der Waals surface area (Å²) in [4.78, 5) is 0. The van der Waals surface area contributed by atoms with E-state index in [1.807, 2.05) is 0 Å². The molecule has 0 heterocycles. The molecule has 0 amide bonds. The molecule has 0 saturated heterocycles. The maximum atomic E-state index is 5.72. The average molecular weight is 219 g/mol. The fourth-order valence-corrected chi connectivity index (χ4v) is 2.30. The standard InChI is InChI=1S/C14H21NO/c1-3-8-16-13-6-4-11(5-7-13)14(2)9-12(14)10-15/h4-7,12H,3,8-10,15H2,1-2H3. The molecule has 2 atom stereocenters. The molecule has 0 radical (unpaired) electrons. The number of ether oxygens (including phenoxy) is 1. The van der Waals surface area contributed by atoms with Crippen molar-refractivity contribution in [1.82, 2.24) is 0 Å². The molecule has 1 saturated carbocycles. The van der Waals surface area contributed by atoms with Crippen LogP contribution in [0.1, 0.15) is 32.3 Å². The molecular formula is C14H21NO. The molecule has 2 nitrogen and oxygen atoms in total. The molecular weight excluding hydrogens is 198 g/mol. The van der Waals surface area contributed by atoms with Crippen LogP contribution in [0.15, 0.2) is 24.3 Å². The van der Waals surface area contributed by atoms with Crippen LogP contribution in [0.2, 0.25) is 0 Å². The van der Waals surface area contributed by atoms with Crippen LogP contribution in [0.4, 0.5) is 0 Å². The van der Waals surface area contributed by atoms with Crippen molar-refractivity contribution in [2.24, 2.45) is 11.7 Å². The van der Waals surface area contributed by atoms with E-state index in [2.05, 4.69) is 38.1 Å². The van der Waals surface area contributed by atoms with E-state index in [4.69, 9.17) is 10.5 Å². The highest BCUT2D eigenvalue weighted by molar-refractivity contribution is 5.37. The summed E-state index contributed by atoms with van der Waals surface area (Å²) in [5, 5.41) is 0. The molecule has 1 aliphatic rings. The molecule has 1 aromatic carbocycles. The topological polar surface area (TPSA) is 35.2 Å². The minimum atomic E-state index is 0.317. The lowest BCUT2D eigenvalue weighted by molar-refractivity contribution is 0.317. The lowest BCUT2D eigenvalue weighted by Crippen LogP contribution is -2.11. The lowest BCUT2D eigenvalue weighted by Gasteiger charge is -2.12. The zero-order valence-corrected chi connectivity index (χ0v) is 10.2. The van der Waals surface area contributed by atoms with Gasteiger partial charge in [0.25, 0.3) is 0 Å². The van der Waals surface area contributed by atoms with Gasteiger partial charge in [-0.25, -0.2) is 0 Å². The molecule has 2 N–H and O–H groups in total. The Labute approximate surface area is 97.8 Å². The number of rotatable bonds is 5. The number of nitrogens with two attached hydrogens (primary N) is 1. The van der Waals surface area contributed by atoms with Crippen LogP contribution in [0.5, 0.6) is 5.75 Å². The van der Waals surface area contributed by atoms with Gasteiger partial charge in [0.05, 0.1) is 6.61 Å². The predicted molar refractivity (Wildman–Crippen MR) is 66.7 cm³/mol. The first-order chi connectivity index (χ1) is 7.70. The predicted octanol–water partition coefficient (Wildman–Crippen LogP) is 2.71. The van der Waals surface area contributed by atoms with Crippen molar-refractivity contribution in [2.75, 3.05) is 13.2 Å². The Balaban J connectivity index is 2.03. The first kappa shape index (κ1) is 11.5. The van der Waals surface area contributed by atoms with Gasteiger partial charge in [0.15, 0.2) is 0 Å². The van der Waals surface area contributed by atoms with Gasteiger partial charge in [0.2, 0.25) is 0 Å². The summed E-state index contributed by atoms with van der Waals surface area (Å²) < 4.78 is 5.57. The van der Waals surface area contributed by atoms with E-state index in [0.717, 1.165) is 25.3 Å². The third-order valence-electron chi connectivity index (χ3n) is 3.68. The van der Waals surface area contributed by atoms with E-state index in [-0.39, 0.29) is 0 Å². The highest BCUT2D eigenvalue weighted by atomic mass is 16.5. The van der Waals surface area contributed by atoms with Crippen molar-refractivity contribution in [3.63, 3.8) is 0 Å². The first-order valence-electron chi connectivity index (χ1n) is 6.14. The molecule has 88 valence electrons. The Hall–Kier alpha value is -1.02. The minimum absolute atomic E-state index is 0.317. The maximum Gasteiger partial charge on any atom is 0.119 e. The van der Waals surface area contributed by atoms with Gasteiger partial charge < -0.3 is 10.5 Å². The number of benzene rings is 1. The highest BCUT2D eigenvalue weighted by Gasteiger charge is 2.49. The second-order valence-electron chi connectivity index (χ2n) is 4.93. The third kappa shape index (κ3) is 2.07. The van der Waals surface area contributed by atoms with Gasteiger partial charge in [-0.15, -0.1) is 0 Å². The molecule has 2 rings (SSSR count). The minimum Gasteiger partial charge on any atom is -0.494 e. The van der Waals surface area contributed by atoms with E-state index in [0.29, 0.717) is 11.3 Å². The van der Waals surface area contributed by atoms with Gasteiger partial charge in [-0.3, -0.25) is 0 Å². The Morgan fingerprint density at radius 3 is 2.56 bits per heavy atom. The molecule has 2 unspecified atom stereocenters. The molecule has 0 aliphatic heterocycles. The molecule has 0 spiro atoms. The van der Waals surface area contributed by atoms with Crippen LogP contribution in [0.3, 0.4) is 0 Å². The van der Waals surface area contributed by atoms with Crippen molar-refractivity contribution in [3.8, 4) is 5.75 Å². The monoisotopic (exact) mass is 219 g/mol. The normalized spacial score (nSPS) is 27.8. The number of hydrogen-bond acceptors (Lipinski definition) is 2. The summed E-state index contributed by atoms with van der Waals surface area (Å²) >= 11 is 0. The van der Waals surface area contributed by atoms with Crippen LogP contribution in [0, 0.1) is 5.92 Å². The molecule has 0 bridgehead atoms. The zero-order valence-electron chi connectivity index (χ0n) is 10.2. The van der Waals surface area contributed by atoms with E-state index in [1.54, 1.807) is 0 Å². The van der Waals surface area contributed by atoms with Gasteiger partial charge in [-0.2, -0.15) is 0 Å². The zero-order chi connectivity index (χ0) is 11.6. The highest BCUT2D eigenvalue weighted by Crippen LogP contribution is 2.53. The SMILES string of the molecule is CCCOc1ccc(C2(C)CC2CN)cc1. The van der Waals surface area contributed by atoms with E-state index < -0.39 is 0 Å². The summed E-state index contributed by atoms with van der Waals surface area (Å²) in [5.74, 6) is 1.63. The second-order valence-corrected chi connectivity index (χ2v) is 4.93. The van der Waals surface area contributed by atoms with Gasteiger partial charge in [-0.1, -0.05) is 26.0 Å². The van der Waals surface area contributed by atoms with Gasteiger partial charge in [-0.05, 0) is 48.4 Å². The van der Waals surface area contributed by atoms with Crippen LogP contribution < -0.4 is 10.5 Å². The van der Waals surface area contributed by atoms with Crippen molar-refractivity contribution >= 4 is 0 Å². The third-order valence-corrected chi connectivity index (χ3v) is 3.68. The molecule has 1 aromatic rings. The number of hydrogen-bond donors (Lipinski definition) is 1. The first-order valence-corrected chi connectivity index (χ1v) is 6.14.